The van der Waals surface area contributed by atoms with Crippen LogP contribution in [0.4, 0.5) is 4.39 Å². The van der Waals surface area contributed by atoms with Crippen molar-refractivity contribution in [3.63, 3.8) is 0 Å². The molecule has 4 heteroatoms. The van der Waals surface area contributed by atoms with Gasteiger partial charge in [0.2, 0.25) is 0 Å². The van der Waals surface area contributed by atoms with E-state index in [2.05, 4.69) is 4.98 Å². The lowest BCUT2D eigenvalue weighted by Crippen LogP contribution is -2.19. The number of ether oxygens (including phenoxy) is 1. The molecule has 1 aromatic heterocycles. The summed E-state index contributed by atoms with van der Waals surface area (Å²) in [5.41, 5.74) is 7.20. The summed E-state index contributed by atoms with van der Waals surface area (Å²) in [5, 5.41) is 0. The maximum Gasteiger partial charge on any atom is 0.153 e. The molecule has 1 aromatic carbocycles. The second-order valence-electron chi connectivity index (χ2n) is 4.01. The predicted octanol–water partition coefficient (Wildman–Crippen LogP) is 2.61. The number of rotatable bonds is 4. The predicted molar refractivity (Wildman–Crippen MR) is 67.8 cm³/mol. The first-order valence-corrected chi connectivity index (χ1v) is 5.74. The lowest BCUT2D eigenvalue weighted by atomic mass is 10.2. The van der Waals surface area contributed by atoms with Gasteiger partial charge in [-0.05, 0) is 42.8 Å². The van der Waals surface area contributed by atoms with Crippen molar-refractivity contribution in [2.75, 3.05) is 6.54 Å². The Hall–Kier alpha value is -1.94. The minimum Gasteiger partial charge on any atom is -0.483 e. The van der Waals surface area contributed by atoms with Gasteiger partial charge >= 0.3 is 0 Å². The molecule has 1 atom stereocenters. The van der Waals surface area contributed by atoms with E-state index >= 15 is 0 Å². The quantitative estimate of drug-likeness (QED) is 0.902. The molecule has 0 radical (unpaired) electrons. The van der Waals surface area contributed by atoms with Crippen molar-refractivity contribution in [3.05, 3.63) is 59.7 Å². The first-order valence-electron chi connectivity index (χ1n) is 5.74. The first-order chi connectivity index (χ1) is 8.70. The van der Waals surface area contributed by atoms with Gasteiger partial charge in [-0.1, -0.05) is 6.07 Å². The average Bonchev–Trinajstić information content (AvgIpc) is 2.39. The second-order valence-corrected chi connectivity index (χ2v) is 4.01. The summed E-state index contributed by atoms with van der Waals surface area (Å²) in [6, 6.07) is 9.98. The summed E-state index contributed by atoms with van der Waals surface area (Å²) in [6.07, 6.45) is 1.37. The molecule has 0 saturated heterocycles. The molecule has 0 amide bonds. The van der Waals surface area contributed by atoms with E-state index in [9.17, 15) is 4.39 Å². The van der Waals surface area contributed by atoms with Gasteiger partial charge in [0.05, 0.1) is 5.69 Å². The minimum atomic E-state index is -0.324. The highest BCUT2D eigenvalue weighted by Crippen LogP contribution is 2.24. The zero-order chi connectivity index (χ0) is 13.0. The third kappa shape index (κ3) is 2.84. The number of hydrogen-bond donors (Lipinski definition) is 1. The topological polar surface area (TPSA) is 48.1 Å². The van der Waals surface area contributed by atoms with Gasteiger partial charge in [-0.3, -0.25) is 4.98 Å². The minimum absolute atomic E-state index is 0.276. The van der Waals surface area contributed by atoms with E-state index in [4.69, 9.17) is 10.5 Å². The monoisotopic (exact) mass is 246 g/mol. The van der Waals surface area contributed by atoms with Crippen LogP contribution in [0.1, 0.15) is 17.4 Å². The Labute approximate surface area is 105 Å². The van der Waals surface area contributed by atoms with E-state index in [-0.39, 0.29) is 11.9 Å². The number of aromatic nitrogens is 1. The van der Waals surface area contributed by atoms with Crippen molar-refractivity contribution >= 4 is 0 Å². The molecule has 1 unspecified atom stereocenters. The van der Waals surface area contributed by atoms with Crippen molar-refractivity contribution in [1.29, 1.82) is 0 Å². The molecular formula is C14H15FN2O. The van der Waals surface area contributed by atoms with E-state index in [1.807, 2.05) is 18.2 Å². The Balaban J connectivity index is 2.21. The number of pyridine rings is 1. The highest BCUT2D eigenvalue weighted by atomic mass is 19.1. The van der Waals surface area contributed by atoms with Gasteiger partial charge in [0.25, 0.3) is 0 Å². The van der Waals surface area contributed by atoms with Gasteiger partial charge < -0.3 is 10.5 Å². The second kappa shape index (κ2) is 5.60. The summed E-state index contributed by atoms with van der Waals surface area (Å²) in [5.74, 6) is 0.347. The van der Waals surface area contributed by atoms with Crippen molar-refractivity contribution in [2.24, 2.45) is 5.73 Å². The highest BCUT2D eigenvalue weighted by molar-refractivity contribution is 5.33. The molecule has 2 N–H and O–H groups in total. The Morgan fingerprint density at radius 1 is 1.33 bits per heavy atom. The maximum absolute atomic E-state index is 13.0. The molecule has 0 aliphatic heterocycles. The lowest BCUT2D eigenvalue weighted by molar-refractivity contribution is 0.207. The highest BCUT2D eigenvalue weighted by Gasteiger charge is 2.13. The molecule has 18 heavy (non-hydrogen) atoms. The van der Waals surface area contributed by atoms with E-state index < -0.39 is 0 Å². The third-order valence-corrected chi connectivity index (χ3v) is 2.64. The van der Waals surface area contributed by atoms with Crippen LogP contribution < -0.4 is 10.5 Å². The SMILES string of the molecule is Cc1cc(F)ccc1OC(CN)c1ccccn1. The molecule has 3 nitrogen and oxygen atoms in total. The number of aryl methyl sites for hydroxylation is 1. The normalized spacial score (nSPS) is 12.2. The van der Waals surface area contributed by atoms with Crippen LogP contribution in [0.25, 0.3) is 0 Å². The van der Waals surface area contributed by atoms with Crippen LogP contribution in [-0.4, -0.2) is 11.5 Å². The smallest absolute Gasteiger partial charge is 0.153 e. The number of benzene rings is 1. The van der Waals surface area contributed by atoms with Crippen molar-refractivity contribution < 1.29 is 9.13 Å². The van der Waals surface area contributed by atoms with Crippen LogP contribution in [0.3, 0.4) is 0 Å². The molecule has 0 spiro atoms. The average molecular weight is 246 g/mol. The molecule has 2 aromatic rings. The van der Waals surface area contributed by atoms with E-state index in [1.54, 1.807) is 19.2 Å². The van der Waals surface area contributed by atoms with Gasteiger partial charge in [-0.15, -0.1) is 0 Å². The molecule has 0 aliphatic rings. The first kappa shape index (κ1) is 12.5. The summed E-state index contributed by atoms with van der Waals surface area (Å²) < 4.78 is 18.8. The Morgan fingerprint density at radius 2 is 2.17 bits per heavy atom. The summed E-state index contributed by atoms with van der Waals surface area (Å²) in [7, 11) is 0. The summed E-state index contributed by atoms with van der Waals surface area (Å²) in [4.78, 5) is 4.21. The molecule has 0 bridgehead atoms. The fourth-order valence-electron chi connectivity index (χ4n) is 1.69. The van der Waals surface area contributed by atoms with Crippen LogP contribution >= 0.6 is 0 Å². The molecular weight excluding hydrogens is 231 g/mol. The standard InChI is InChI=1S/C14H15FN2O/c1-10-8-11(15)5-6-13(10)18-14(9-16)12-4-2-3-7-17-12/h2-8,14H,9,16H2,1H3. The number of nitrogens with two attached hydrogens (primary N) is 1. The third-order valence-electron chi connectivity index (χ3n) is 2.64. The molecule has 94 valence electrons. The zero-order valence-electron chi connectivity index (χ0n) is 10.1. The molecule has 0 fully saturated rings. The van der Waals surface area contributed by atoms with Gasteiger partial charge in [0.15, 0.2) is 6.10 Å². The number of nitrogens with zero attached hydrogens (tertiary/aromatic N) is 1. The Morgan fingerprint density at radius 3 is 2.78 bits per heavy atom. The van der Waals surface area contributed by atoms with Crippen LogP contribution in [0, 0.1) is 12.7 Å². The molecule has 2 rings (SSSR count). The molecule has 1 heterocycles. The van der Waals surface area contributed by atoms with Crippen molar-refractivity contribution in [3.8, 4) is 5.75 Å². The Bertz CT molecular complexity index is 516. The van der Waals surface area contributed by atoms with Gasteiger partial charge in [0.1, 0.15) is 11.6 Å². The van der Waals surface area contributed by atoms with Crippen LogP contribution in [0.2, 0.25) is 0 Å². The van der Waals surface area contributed by atoms with Gasteiger partial charge in [-0.2, -0.15) is 0 Å². The fraction of sp³-hybridized carbons (Fsp3) is 0.214. The van der Waals surface area contributed by atoms with E-state index in [0.717, 1.165) is 11.3 Å². The van der Waals surface area contributed by atoms with E-state index in [0.29, 0.717) is 12.3 Å². The van der Waals surface area contributed by atoms with E-state index in [1.165, 1.54) is 12.1 Å². The lowest BCUT2D eigenvalue weighted by Gasteiger charge is -2.18. The maximum atomic E-state index is 13.0. The zero-order valence-corrected chi connectivity index (χ0v) is 10.1. The van der Waals surface area contributed by atoms with Gasteiger partial charge in [0, 0.05) is 12.7 Å². The van der Waals surface area contributed by atoms with Crippen LogP contribution in [-0.2, 0) is 0 Å². The largest absolute Gasteiger partial charge is 0.483 e. The fourth-order valence-corrected chi connectivity index (χ4v) is 1.69. The molecule has 0 saturated carbocycles. The number of hydrogen-bond acceptors (Lipinski definition) is 3. The van der Waals surface area contributed by atoms with Crippen LogP contribution in [0.15, 0.2) is 42.6 Å². The Kier molecular flexibility index (Phi) is 3.89. The van der Waals surface area contributed by atoms with Gasteiger partial charge in [-0.25, -0.2) is 4.39 Å². The summed E-state index contributed by atoms with van der Waals surface area (Å²) in [6.45, 7) is 2.11. The van der Waals surface area contributed by atoms with Crippen LogP contribution in [0.5, 0.6) is 5.75 Å². The molecule has 0 aliphatic carbocycles. The van der Waals surface area contributed by atoms with Crippen molar-refractivity contribution in [2.45, 2.75) is 13.0 Å². The number of halogens is 1. The van der Waals surface area contributed by atoms with Crippen molar-refractivity contribution in [1.82, 2.24) is 4.98 Å². The summed E-state index contributed by atoms with van der Waals surface area (Å²) >= 11 is 0.